The second-order valence-corrected chi connectivity index (χ2v) is 13.4. The Labute approximate surface area is 153 Å². The Bertz CT molecular complexity index is 408. The minimum Gasteiger partial charge on any atom is -0.0969 e. The van der Waals surface area contributed by atoms with Gasteiger partial charge in [0.25, 0.3) is 0 Å². The summed E-state index contributed by atoms with van der Waals surface area (Å²) >= 11 is 0. The van der Waals surface area contributed by atoms with Crippen LogP contribution >= 0.6 is 7.92 Å². The molecular weight excluding hydrogens is 307 g/mol. The van der Waals surface area contributed by atoms with Crippen LogP contribution in [-0.2, 0) is 0 Å². The van der Waals surface area contributed by atoms with Gasteiger partial charge < -0.3 is 0 Å². The Kier molecular flexibility index (Phi) is 6.07. The highest BCUT2D eigenvalue weighted by Crippen LogP contribution is 2.73. The number of hydrogen-bond donors (Lipinski definition) is 0. The van der Waals surface area contributed by atoms with E-state index in [1.807, 2.05) is 0 Å². The van der Waals surface area contributed by atoms with Crippen molar-refractivity contribution in [1.29, 1.82) is 0 Å². The van der Waals surface area contributed by atoms with Gasteiger partial charge in [0, 0.05) is 0 Å². The van der Waals surface area contributed by atoms with Crippen LogP contribution in [0.2, 0.25) is 0 Å². The van der Waals surface area contributed by atoms with Crippen LogP contribution in [0.3, 0.4) is 0 Å². The first-order valence-electron chi connectivity index (χ1n) is 11.2. The van der Waals surface area contributed by atoms with E-state index < -0.39 is 0 Å². The molecule has 140 valence electrons. The van der Waals surface area contributed by atoms with E-state index in [4.69, 9.17) is 0 Å². The Morgan fingerprint density at radius 2 is 1.71 bits per heavy atom. The Hall–Kier alpha value is 0.430. The molecule has 0 radical (unpaired) electrons. The lowest BCUT2D eigenvalue weighted by atomic mass is 9.61. The highest BCUT2D eigenvalue weighted by Gasteiger charge is 2.55. The smallest absolute Gasteiger partial charge is 0.00893 e. The van der Waals surface area contributed by atoms with Crippen LogP contribution in [0.1, 0.15) is 105 Å². The van der Waals surface area contributed by atoms with E-state index in [1.165, 1.54) is 51.4 Å². The molecule has 5 unspecified atom stereocenters. The van der Waals surface area contributed by atoms with Crippen LogP contribution in [0.4, 0.5) is 0 Å². The third-order valence-corrected chi connectivity index (χ3v) is 12.7. The zero-order valence-corrected chi connectivity index (χ0v) is 18.1. The molecule has 24 heavy (non-hydrogen) atoms. The minimum atomic E-state index is 0.269. The van der Waals surface area contributed by atoms with Gasteiger partial charge in [0.05, 0.1) is 0 Å². The van der Waals surface area contributed by atoms with Gasteiger partial charge in [-0.25, -0.2) is 0 Å². The maximum Gasteiger partial charge on any atom is -0.00893 e. The van der Waals surface area contributed by atoms with E-state index in [-0.39, 0.29) is 7.92 Å². The number of rotatable bonds is 5. The molecule has 0 amide bonds. The molecule has 5 atom stereocenters. The standard InChI is InChI=1S/C23H43P/c1-6-23(5)21(22(4)15-8-7-9-16-22)13-12-20-19(11-10-18(2)3)14-17-24(20)23/h18-21H,6-17H2,1-5H3. The highest BCUT2D eigenvalue weighted by molar-refractivity contribution is 7.60. The summed E-state index contributed by atoms with van der Waals surface area (Å²) in [6.45, 7) is 12.8. The molecule has 0 bridgehead atoms. The maximum absolute atomic E-state index is 2.75. The minimum absolute atomic E-state index is 0.269. The van der Waals surface area contributed by atoms with Gasteiger partial charge >= 0.3 is 0 Å². The molecule has 2 saturated heterocycles. The largest absolute Gasteiger partial charge is 0.0969 e. The average molecular weight is 351 g/mol. The summed E-state index contributed by atoms with van der Waals surface area (Å²) in [6, 6.07) is 0. The lowest BCUT2D eigenvalue weighted by Gasteiger charge is -2.57. The Balaban J connectivity index is 1.76. The van der Waals surface area contributed by atoms with Gasteiger partial charge in [-0.2, -0.15) is 0 Å². The number of fused-ring (bicyclic) bond motifs is 1. The SMILES string of the molecule is CCC1(C)C(C2(C)CCCCC2)CCC2C(CCC(C)C)CCP21. The molecule has 1 saturated carbocycles. The van der Waals surface area contributed by atoms with Gasteiger partial charge in [0.15, 0.2) is 0 Å². The van der Waals surface area contributed by atoms with Crippen LogP contribution < -0.4 is 0 Å². The molecule has 1 aliphatic carbocycles. The van der Waals surface area contributed by atoms with Crippen molar-refractivity contribution >= 4 is 7.92 Å². The fourth-order valence-corrected chi connectivity index (χ4v) is 11.7. The maximum atomic E-state index is 2.75. The van der Waals surface area contributed by atoms with E-state index in [0.717, 1.165) is 23.4 Å². The van der Waals surface area contributed by atoms with Crippen molar-refractivity contribution in [3.05, 3.63) is 0 Å². The lowest BCUT2D eigenvalue weighted by molar-refractivity contribution is 0.0715. The number of hydrogen-bond acceptors (Lipinski definition) is 0. The summed E-state index contributed by atoms with van der Waals surface area (Å²) in [5.41, 5.74) is 1.80. The van der Waals surface area contributed by atoms with Crippen molar-refractivity contribution in [2.45, 2.75) is 116 Å². The van der Waals surface area contributed by atoms with Crippen molar-refractivity contribution in [3.8, 4) is 0 Å². The Morgan fingerprint density at radius 1 is 1.00 bits per heavy atom. The average Bonchev–Trinajstić information content (AvgIpc) is 2.98. The summed E-state index contributed by atoms with van der Waals surface area (Å²) in [5.74, 6) is 3.01. The van der Waals surface area contributed by atoms with E-state index in [2.05, 4.69) is 34.6 Å². The normalized spacial score (nSPS) is 42.2. The quantitative estimate of drug-likeness (QED) is 0.443. The summed E-state index contributed by atoms with van der Waals surface area (Å²) in [7, 11) is 0.269. The summed E-state index contributed by atoms with van der Waals surface area (Å²) in [5, 5.41) is 0.691. The molecular formula is C23H43P. The summed E-state index contributed by atoms with van der Waals surface area (Å²) in [4.78, 5) is 0. The fourth-order valence-electron chi connectivity index (χ4n) is 6.93. The first-order chi connectivity index (χ1) is 11.4. The molecule has 0 nitrogen and oxygen atoms in total. The molecule has 3 aliphatic rings. The van der Waals surface area contributed by atoms with Gasteiger partial charge in [-0.3, -0.25) is 0 Å². The predicted molar refractivity (Wildman–Crippen MR) is 110 cm³/mol. The molecule has 0 aromatic heterocycles. The zero-order chi connectivity index (χ0) is 17.4. The molecule has 3 fully saturated rings. The van der Waals surface area contributed by atoms with Gasteiger partial charge in [-0.05, 0) is 85.1 Å². The van der Waals surface area contributed by atoms with Crippen molar-refractivity contribution in [2.75, 3.05) is 6.16 Å². The van der Waals surface area contributed by atoms with E-state index >= 15 is 0 Å². The monoisotopic (exact) mass is 350 g/mol. The second-order valence-electron chi connectivity index (χ2n) is 10.3. The molecule has 0 aromatic rings. The summed E-state index contributed by atoms with van der Waals surface area (Å²) in [6.07, 6.45) is 18.3. The van der Waals surface area contributed by atoms with Gasteiger partial charge in [-0.1, -0.05) is 68.2 Å². The van der Waals surface area contributed by atoms with Crippen molar-refractivity contribution in [2.24, 2.45) is 23.2 Å². The second kappa shape index (κ2) is 7.58. The van der Waals surface area contributed by atoms with Crippen LogP contribution in [0.25, 0.3) is 0 Å². The van der Waals surface area contributed by atoms with Crippen LogP contribution in [0.5, 0.6) is 0 Å². The zero-order valence-electron chi connectivity index (χ0n) is 17.2. The first-order valence-corrected chi connectivity index (χ1v) is 12.8. The van der Waals surface area contributed by atoms with Gasteiger partial charge in [-0.15, -0.1) is 0 Å². The molecule has 1 heteroatoms. The van der Waals surface area contributed by atoms with E-state index in [9.17, 15) is 0 Å². The Morgan fingerprint density at radius 3 is 2.33 bits per heavy atom. The topological polar surface area (TPSA) is 0 Å². The molecule has 0 spiro atoms. The van der Waals surface area contributed by atoms with Crippen LogP contribution in [0, 0.1) is 23.2 Å². The molecule has 2 heterocycles. The van der Waals surface area contributed by atoms with Crippen LogP contribution in [-0.4, -0.2) is 17.0 Å². The first kappa shape index (κ1) is 19.2. The third-order valence-electron chi connectivity index (χ3n) is 8.51. The molecule has 2 aliphatic heterocycles. The summed E-state index contributed by atoms with van der Waals surface area (Å²) < 4.78 is 0. The molecule has 0 aromatic carbocycles. The van der Waals surface area contributed by atoms with Crippen molar-refractivity contribution < 1.29 is 0 Å². The van der Waals surface area contributed by atoms with Crippen molar-refractivity contribution in [3.63, 3.8) is 0 Å². The fraction of sp³-hybridized carbons (Fsp3) is 1.00. The van der Waals surface area contributed by atoms with Crippen LogP contribution in [0.15, 0.2) is 0 Å². The van der Waals surface area contributed by atoms with Gasteiger partial charge in [0.1, 0.15) is 0 Å². The molecule has 3 rings (SSSR count). The predicted octanol–water partition coefficient (Wildman–Crippen LogP) is 7.84. The third kappa shape index (κ3) is 3.48. The lowest BCUT2D eigenvalue weighted by Crippen LogP contribution is -2.48. The molecule has 0 N–H and O–H groups in total. The van der Waals surface area contributed by atoms with Crippen molar-refractivity contribution in [1.82, 2.24) is 0 Å². The van der Waals surface area contributed by atoms with E-state index in [0.29, 0.717) is 10.6 Å². The van der Waals surface area contributed by atoms with E-state index in [1.54, 1.807) is 25.4 Å². The highest BCUT2D eigenvalue weighted by atomic mass is 31.1. The van der Waals surface area contributed by atoms with Gasteiger partial charge in [0.2, 0.25) is 0 Å².